The van der Waals surface area contributed by atoms with Crippen molar-refractivity contribution < 1.29 is 24.5 Å². The molecule has 0 aliphatic heterocycles. The molecule has 2 amide bonds. The Hall–Kier alpha value is -1.91. The van der Waals surface area contributed by atoms with Crippen LogP contribution in [0, 0.1) is 9.49 Å². The normalized spacial score (nSPS) is 20.6. The Morgan fingerprint density at radius 1 is 1.33 bits per heavy atom. The van der Waals surface area contributed by atoms with Gasteiger partial charge >= 0.3 is 0 Å². The molecule has 0 saturated carbocycles. The van der Waals surface area contributed by atoms with Gasteiger partial charge in [0.2, 0.25) is 11.8 Å². The summed E-state index contributed by atoms with van der Waals surface area (Å²) in [4.78, 5) is 27.5. The molecule has 0 fully saturated rings. The van der Waals surface area contributed by atoms with Gasteiger partial charge in [0.05, 0.1) is 16.2 Å². The molecule has 0 heterocycles. The Morgan fingerprint density at radius 3 is 2.70 bits per heavy atom. The fourth-order valence-corrected chi connectivity index (χ4v) is 4.13. The van der Waals surface area contributed by atoms with Gasteiger partial charge in [0.15, 0.2) is 0 Å². The van der Waals surface area contributed by atoms with Gasteiger partial charge in [-0.25, -0.2) is 0 Å². The zero-order valence-corrected chi connectivity index (χ0v) is 21.7. The van der Waals surface area contributed by atoms with Crippen LogP contribution in [-0.2, 0) is 9.59 Å². The van der Waals surface area contributed by atoms with Crippen molar-refractivity contribution in [3.8, 4) is 5.75 Å². The number of amides is 2. The number of benzene rings is 1. The average molecular weight is 570 g/mol. The van der Waals surface area contributed by atoms with Gasteiger partial charge in [-0.1, -0.05) is 39.0 Å². The predicted molar refractivity (Wildman–Crippen MR) is 137 cm³/mol. The maximum Gasteiger partial charge on any atom is 0.247 e. The monoisotopic (exact) mass is 570 g/mol. The van der Waals surface area contributed by atoms with Crippen molar-refractivity contribution in [1.82, 2.24) is 10.2 Å². The summed E-state index contributed by atoms with van der Waals surface area (Å²) in [5, 5.41) is 23.1. The minimum atomic E-state index is -1.01. The number of rotatable bonds is 11. The van der Waals surface area contributed by atoms with Crippen LogP contribution in [0.25, 0.3) is 0 Å². The van der Waals surface area contributed by atoms with Crippen LogP contribution < -0.4 is 10.1 Å². The van der Waals surface area contributed by atoms with Crippen molar-refractivity contribution in [2.24, 2.45) is 5.92 Å². The van der Waals surface area contributed by atoms with Gasteiger partial charge in [-0.3, -0.25) is 9.59 Å². The molecular weight excluding hydrogens is 535 g/mol. The first kappa shape index (κ1) is 27.3. The highest BCUT2D eigenvalue weighted by Gasteiger charge is 2.40. The summed E-state index contributed by atoms with van der Waals surface area (Å²) < 4.78 is 7.01. The zero-order valence-electron chi connectivity index (χ0n) is 19.5. The van der Waals surface area contributed by atoms with E-state index in [1.54, 1.807) is 17.1 Å². The van der Waals surface area contributed by atoms with Crippen LogP contribution in [0.4, 0.5) is 0 Å². The number of carbonyl (C=O) groups excluding carboxylic acids is 2. The molecule has 3 unspecified atom stereocenters. The van der Waals surface area contributed by atoms with Gasteiger partial charge in [0, 0.05) is 25.1 Å². The van der Waals surface area contributed by atoms with Crippen molar-refractivity contribution in [1.29, 1.82) is 0 Å². The second kappa shape index (κ2) is 13.7. The predicted octanol–water partition coefficient (Wildman–Crippen LogP) is 3.05. The van der Waals surface area contributed by atoms with E-state index in [1.807, 2.05) is 31.2 Å². The third-order valence-corrected chi connectivity index (χ3v) is 6.33. The number of nitrogens with zero attached hydrogens (tertiary/aromatic N) is 1. The molecule has 1 aromatic rings. The summed E-state index contributed by atoms with van der Waals surface area (Å²) in [5.74, 6) is 0.446. The van der Waals surface area contributed by atoms with E-state index in [2.05, 4.69) is 41.8 Å². The van der Waals surface area contributed by atoms with Crippen LogP contribution in [0.5, 0.6) is 5.75 Å². The maximum absolute atomic E-state index is 13.1. The molecule has 0 saturated heterocycles. The molecule has 2 rings (SSSR count). The summed E-state index contributed by atoms with van der Waals surface area (Å²) in [6.07, 6.45) is 4.84. The van der Waals surface area contributed by atoms with Crippen LogP contribution in [-0.4, -0.2) is 64.9 Å². The molecule has 0 bridgehead atoms. The Balaban J connectivity index is 2.40. The standard InChI is InChI=1S/C25H35IN2O5/c1-4-5-10-23(30)28(13-11-17(2)3)20-15-18(25(32)27-12-14-29)16-22(24(20)31)33-21-9-7-6-8-19(21)26/h5-10,16-17,20,22,24,29,31H,4,11-15H2,1-3H3,(H,27,32). The molecule has 182 valence electrons. The number of ether oxygens (including phenoxy) is 1. The lowest BCUT2D eigenvalue weighted by Crippen LogP contribution is -2.55. The van der Waals surface area contributed by atoms with Gasteiger partial charge in [-0.2, -0.15) is 0 Å². The molecule has 3 atom stereocenters. The summed E-state index contributed by atoms with van der Waals surface area (Å²) >= 11 is 2.16. The summed E-state index contributed by atoms with van der Waals surface area (Å²) in [6.45, 7) is 6.54. The fraction of sp³-hybridized carbons (Fsp3) is 0.520. The molecule has 7 nitrogen and oxygen atoms in total. The number of aliphatic hydroxyl groups is 2. The Labute approximate surface area is 210 Å². The van der Waals surface area contributed by atoms with Crippen molar-refractivity contribution in [2.75, 3.05) is 19.7 Å². The van der Waals surface area contributed by atoms with E-state index in [9.17, 15) is 14.7 Å². The third kappa shape index (κ3) is 8.12. The summed E-state index contributed by atoms with van der Waals surface area (Å²) in [7, 11) is 0. The first-order valence-corrected chi connectivity index (χ1v) is 12.5. The van der Waals surface area contributed by atoms with E-state index in [4.69, 9.17) is 9.84 Å². The van der Waals surface area contributed by atoms with E-state index in [-0.39, 0.29) is 31.4 Å². The van der Waals surface area contributed by atoms with Crippen LogP contribution >= 0.6 is 22.6 Å². The number of aliphatic hydroxyl groups excluding tert-OH is 2. The highest BCUT2D eigenvalue weighted by molar-refractivity contribution is 14.1. The molecule has 0 spiro atoms. The van der Waals surface area contributed by atoms with Crippen molar-refractivity contribution >= 4 is 34.4 Å². The second-order valence-corrected chi connectivity index (χ2v) is 9.63. The molecule has 3 N–H and O–H groups in total. The van der Waals surface area contributed by atoms with Crippen molar-refractivity contribution in [3.05, 3.63) is 51.6 Å². The number of hydrogen-bond acceptors (Lipinski definition) is 5. The van der Waals surface area contributed by atoms with E-state index in [0.29, 0.717) is 23.8 Å². The van der Waals surface area contributed by atoms with Crippen LogP contribution in [0.3, 0.4) is 0 Å². The highest BCUT2D eigenvalue weighted by Crippen LogP contribution is 2.30. The average Bonchev–Trinajstić information content (AvgIpc) is 2.79. The van der Waals surface area contributed by atoms with Gasteiger partial charge in [0.25, 0.3) is 0 Å². The van der Waals surface area contributed by atoms with Crippen LogP contribution in [0.2, 0.25) is 0 Å². The zero-order chi connectivity index (χ0) is 24.4. The molecule has 0 radical (unpaired) electrons. The van der Waals surface area contributed by atoms with Gasteiger partial charge in [0.1, 0.15) is 18.0 Å². The number of halogens is 1. The first-order valence-electron chi connectivity index (χ1n) is 11.4. The largest absolute Gasteiger partial charge is 0.482 e. The quantitative estimate of drug-likeness (QED) is 0.281. The Kier molecular flexibility index (Phi) is 11.4. The van der Waals surface area contributed by atoms with E-state index < -0.39 is 18.2 Å². The number of para-hydroxylation sites is 1. The minimum absolute atomic E-state index is 0.126. The lowest BCUT2D eigenvalue weighted by molar-refractivity contribution is -0.133. The summed E-state index contributed by atoms with van der Waals surface area (Å²) in [5.41, 5.74) is 0.427. The molecule has 8 heteroatoms. The Morgan fingerprint density at radius 2 is 2.06 bits per heavy atom. The SMILES string of the molecule is CCC=CC(=O)N(CCC(C)C)C1CC(C(=O)NCCO)=CC(Oc2ccccc2I)C1O. The number of hydrogen-bond donors (Lipinski definition) is 3. The number of allylic oxidation sites excluding steroid dienone is 1. The minimum Gasteiger partial charge on any atom is -0.482 e. The molecule has 0 aromatic heterocycles. The van der Waals surface area contributed by atoms with Crippen LogP contribution in [0.1, 0.15) is 40.0 Å². The van der Waals surface area contributed by atoms with E-state index in [1.165, 1.54) is 6.08 Å². The van der Waals surface area contributed by atoms with Crippen molar-refractivity contribution in [2.45, 2.75) is 58.3 Å². The van der Waals surface area contributed by atoms with Gasteiger partial charge in [-0.15, -0.1) is 0 Å². The molecule has 1 aliphatic rings. The Bertz CT molecular complexity index is 855. The summed E-state index contributed by atoms with van der Waals surface area (Å²) in [6, 6.07) is 6.82. The van der Waals surface area contributed by atoms with E-state index in [0.717, 1.165) is 16.4 Å². The van der Waals surface area contributed by atoms with Crippen LogP contribution in [0.15, 0.2) is 48.1 Å². The maximum atomic E-state index is 13.1. The molecule has 1 aromatic carbocycles. The molecule has 33 heavy (non-hydrogen) atoms. The van der Waals surface area contributed by atoms with E-state index >= 15 is 0 Å². The second-order valence-electron chi connectivity index (χ2n) is 8.47. The smallest absolute Gasteiger partial charge is 0.247 e. The highest BCUT2D eigenvalue weighted by atomic mass is 127. The number of nitrogens with one attached hydrogen (secondary N) is 1. The lowest BCUT2D eigenvalue weighted by atomic mass is 9.87. The van der Waals surface area contributed by atoms with Gasteiger partial charge in [-0.05, 0) is 65.6 Å². The topological polar surface area (TPSA) is 99.1 Å². The van der Waals surface area contributed by atoms with Gasteiger partial charge < -0.3 is 25.2 Å². The lowest BCUT2D eigenvalue weighted by Gasteiger charge is -2.40. The van der Waals surface area contributed by atoms with Crippen molar-refractivity contribution in [3.63, 3.8) is 0 Å². The fourth-order valence-electron chi connectivity index (χ4n) is 3.62. The molecule has 1 aliphatic carbocycles. The third-order valence-electron chi connectivity index (χ3n) is 5.44. The molecular formula is C25H35IN2O5. The number of carbonyl (C=O) groups is 2. The first-order chi connectivity index (χ1) is 15.8.